The number of alkyl halides is 1. The van der Waals surface area contributed by atoms with E-state index in [0.717, 1.165) is 19.3 Å². The first-order valence-corrected chi connectivity index (χ1v) is 5.79. The molecule has 4 heteroatoms. The monoisotopic (exact) mass is 215 g/mol. The second-order valence-corrected chi connectivity index (χ2v) is 4.77. The molecule has 0 aromatic carbocycles. The molecule has 2 aliphatic carbocycles. The lowest BCUT2D eigenvalue weighted by Crippen LogP contribution is -2.56. The summed E-state index contributed by atoms with van der Waals surface area (Å²) in [5.41, 5.74) is -1.20. The third-order valence-electron chi connectivity index (χ3n) is 3.60. The minimum Gasteiger partial charge on any atom is -0.380 e. The molecule has 0 unspecified atom stereocenters. The van der Waals surface area contributed by atoms with Crippen LogP contribution < -0.4 is 5.32 Å². The van der Waals surface area contributed by atoms with Gasteiger partial charge in [-0.05, 0) is 32.1 Å². The fraction of sp³-hybridized carbons (Fsp3) is 0.909. The lowest BCUT2D eigenvalue weighted by molar-refractivity contribution is -0.150. The van der Waals surface area contributed by atoms with E-state index in [1.54, 1.807) is 0 Å². The number of hydrogen-bond acceptors (Lipinski definition) is 2. The molecule has 0 aromatic heterocycles. The Labute approximate surface area is 89.0 Å². The van der Waals surface area contributed by atoms with E-state index in [1.165, 1.54) is 0 Å². The summed E-state index contributed by atoms with van der Waals surface area (Å²) in [5.74, 6) is -0.372. The van der Waals surface area contributed by atoms with Gasteiger partial charge in [-0.1, -0.05) is 12.8 Å². The Morgan fingerprint density at radius 2 is 1.93 bits per heavy atom. The molecule has 0 spiro atoms. The van der Waals surface area contributed by atoms with E-state index in [4.69, 9.17) is 0 Å². The van der Waals surface area contributed by atoms with Crippen LogP contribution >= 0.6 is 0 Å². The number of hydrogen-bond donors (Lipinski definition) is 2. The summed E-state index contributed by atoms with van der Waals surface area (Å²) in [6.07, 6.45) is 4.07. The highest BCUT2D eigenvalue weighted by atomic mass is 19.1. The normalized spacial score (nSPS) is 34.3. The maximum atomic E-state index is 13.4. The SMILES string of the molecule is O=C(N[C@@H]1CCCC[C@H]1F)C1(O)CCC1. The van der Waals surface area contributed by atoms with Gasteiger partial charge in [0.15, 0.2) is 0 Å². The molecule has 0 aromatic rings. The number of carbonyl (C=O) groups excluding carboxylic acids is 1. The Morgan fingerprint density at radius 3 is 2.47 bits per heavy atom. The summed E-state index contributed by atoms with van der Waals surface area (Å²) in [6.45, 7) is 0. The highest BCUT2D eigenvalue weighted by Crippen LogP contribution is 2.32. The predicted molar refractivity (Wildman–Crippen MR) is 54.1 cm³/mol. The van der Waals surface area contributed by atoms with Gasteiger partial charge in [-0.3, -0.25) is 4.79 Å². The molecular weight excluding hydrogens is 197 g/mol. The van der Waals surface area contributed by atoms with Gasteiger partial charge in [0, 0.05) is 0 Å². The number of amides is 1. The second kappa shape index (κ2) is 4.08. The van der Waals surface area contributed by atoms with E-state index >= 15 is 0 Å². The molecule has 2 rings (SSSR count). The standard InChI is InChI=1S/C11H18FNO2/c12-8-4-1-2-5-9(8)13-10(14)11(15)6-3-7-11/h8-9,15H,1-7H2,(H,13,14)/t8-,9-/m1/s1. The largest absolute Gasteiger partial charge is 0.380 e. The van der Waals surface area contributed by atoms with Crippen LogP contribution in [-0.2, 0) is 4.79 Å². The zero-order valence-electron chi connectivity index (χ0n) is 8.84. The highest BCUT2D eigenvalue weighted by molar-refractivity contribution is 5.86. The van der Waals surface area contributed by atoms with Crippen LogP contribution in [-0.4, -0.2) is 28.8 Å². The summed E-state index contributed by atoms with van der Waals surface area (Å²) in [5, 5.41) is 12.4. The zero-order chi connectivity index (χ0) is 10.9. The summed E-state index contributed by atoms with van der Waals surface area (Å²) in [4.78, 5) is 11.6. The summed E-state index contributed by atoms with van der Waals surface area (Å²) in [7, 11) is 0. The molecule has 0 bridgehead atoms. The van der Waals surface area contributed by atoms with Crippen LogP contribution in [0.1, 0.15) is 44.9 Å². The van der Waals surface area contributed by atoms with E-state index in [2.05, 4.69) is 5.32 Å². The number of aliphatic hydroxyl groups is 1. The number of halogens is 1. The van der Waals surface area contributed by atoms with E-state index < -0.39 is 11.8 Å². The van der Waals surface area contributed by atoms with Crippen molar-refractivity contribution < 1.29 is 14.3 Å². The van der Waals surface area contributed by atoms with Crippen molar-refractivity contribution in [1.29, 1.82) is 0 Å². The van der Waals surface area contributed by atoms with Crippen molar-refractivity contribution in [2.45, 2.75) is 62.8 Å². The van der Waals surface area contributed by atoms with Gasteiger partial charge in [-0.2, -0.15) is 0 Å². The molecule has 2 aliphatic rings. The van der Waals surface area contributed by atoms with Gasteiger partial charge in [0.1, 0.15) is 11.8 Å². The van der Waals surface area contributed by atoms with Gasteiger partial charge in [0.2, 0.25) is 0 Å². The van der Waals surface area contributed by atoms with Crippen LogP contribution in [0.4, 0.5) is 4.39 Å². The molecule has 0 aliphatic heterocycles. The fourth-order valence-corrected chi connectivity index (χ4v) is 2.29. The second-order valence-electron chi connectivity index (χ2n) is 4.77. The van der Waals surface area contributed by atoms with Crippen LogP contribution in [0.25, 0.3) is 0 Å². The zero-order valence-corrected chi connectivity index (χ0v) is 8.84. The molecular formula is C11H18FNO2. The van der Waals surface area contributed by atoms with Gasteiger partial charge in [0.05, 0.1) is 6.04 Å². The topological polar surface area (TPSA) is 49.3 Å². The first-order chi connectivity index (χ1) is 7.12. The minimum absolute atomic E-state index is 0.372. The average Bonchev–Trinajstić information content (AvgIpc) is 2.18. The van der Waals surface area contributed by atoms with Gasteiger partial charge < -0.3 is 10.4 Å². The van der Waals surface area contributed by atoms with Crippen LogP contribution in [0.15, 0.2) is 0 Å². The maximum absolute atomic E-state index is 13.4. The van der Waals surface area contributed by atoms with Crippen molar-refractivity contribution in [1.82, 2.24) is 5.32 Å². The van der Waals surface area contributed by atoms with Crippen LogP contribution in [0.2, 0.25) is 0 Å². The van der Waals surface area contributed by atoms with Crippen molar-refractivity contribution in [3.63, 3.8) is 0 Å². The fourth-order valence-electron chi connectivity index (χ4n) is 2.29. The summed E-state index contributed by atoms with van der Waals surface area (Å²) < 4.78 is 13.4. The quantitative estimate of drug-likeness (QED) is 0.729. The predicted octanol–water partition coefficient (Wildman–Crippen LogP) is 1.30. The van der Waals surface area contributed by atoms with Gasteiger partial charge in [-0.25, -0.2) is 4.39 Å². The molecule has 2 saturated carbocycles. The molecule has 0 heterocycles. The van der Waals surface area contributed by atoms with Crippen molar-refractivity contribution in [3.8, 4) is 0 Å². The number of nitrogens with one attached hydrogen (secondary N) is 1. The van der Waals surface area contributed by atoms with Crippen LogP contribution in [0.3, 0.4) is 0 Å². The first-order valence-electron chi connectivity index (χ1n) is 5.79. The Kier molecular flexibility index (Phi) is 2.96. The lowest BCUT2D eigenvalue weighted by Gasteiger charge is -2.37. The summed E-state index contributed by atoms with van der Waals surface area (Å²) in [6, 6.07) is -0.379. The van der Waals surface area contributed by atoms with Crippen LogP contribution in [0.5, 0.6) is 0 Å². The van der Waals surface area contributed by atoms with Crippen molar-refractivity contribution >= 4 is 5.91 Å². The van der Waals surface area contributed by atoms with E-state index in [9.17, 15) is 14.3 Å². The Bertz CT molecular complexity index is 253. The maximum Gasteiger partial charge on any atom is 0.252 e. The Balaban J connectivity index is 1.87. The van der Waals surface area contributed by atoms with Gasteiger partial charge in [0.25, 0.3) is 5.91 Å². The summed E-state index contributed by atoms with van der Waals surface area (Å²) >= 11 is 0. The van der Waals surface area contributed by atoms with Crippen LogP contribution in [0, 0.1) is 0 Å². The minimum atomic E-state index is -1.20. The third-order valence-corrected chi connectivity index (χ3v) is 3.60. The molecule has 2 N–H and O–H groups in total. The molecule has 2 fully saturated rings. The Hall–Kier alpha value is -0.640. The molecule has 2 atom stereocenters. The average molecular weight is 215 g/mol. The molecule has 3 nitrogen and oxygen atoms in total. The lowest BCUT2D eigenvalue weighted by atomic mass is 9.79. The number of carbonyl (C=O) groups is 1. The molecule has 15 heavy (non-hydrogen) atoms. The third kappa shape index (κ3) is 2.14. The van der Waals surface area contributed by atoms with E-state index in [0.29, 0.717) is 25.7 Å². The molecule has 1 amide bonds. The van der Waals surface area contributed by atoms with E-state index in [1.807, 2.05) is 0 Å². The van der Waals surface area contributed by atoms with Crippen molar-refractivity contribution in [2.24, 2.45) is 0 Å². The van der Waals surface area contributed by atoms with Gasteiger partial charge >= 0.3 is 0 Å². The smallest absolute Gasteiger partial charge is 0.252 e. The van der Waals surface area contributed by atoms with E-state index in [-0.39, 0.29) is 11.9 Å². The number of rotatable bonds is 2. The molecule has 0 saturated heterocycles. The van der Waals surface area contributed by atoms with Gasteiger partial charge in [-0.15, -0.1) is 0 Å². The molecule has 86 valence electrons. The van der Waals surface area contributed by atoms with Crippen molar-refractivity contribution in [3.05, 3.63) is 0 Å². The van der Waals surface area contributed by atoms with Crippen molar-refractivity contribution in [2.75, 3.05) is 0 Å². The molecule has 0 radical (unpaired) electrons. The first kappa shape index (κ1) is 10.9. The highest BCUT2D eigenvalue weighted by Gasteiger charge is 2.43. The Morgan fingerprint density at radius 1 is 1.27 bits per heavy atom.